The Morgan fingerprint density at radius 3 is 2.83 bits per heavy atom. The van der Waals surface area contributed by atoms with Gasteiger partial charge >= 0.3 is 0 Å². The first-order valence-electron chi connectivity index (χ1n) is 3.67. The molecular weight excluding hydrogens is 156 g/mol. The van der Waals surface area contributed by atoms with Gasteiger partial charge in [0.25, 0.3) is 0 Å². The van der Waals surface area contributed by atoms with E-state index in [9.17, 15) is 9.59 Å². The van der Waals surface area contributed by atoms with Crippen molar-refractivity contribution in [2.24, 2.45) is 0 Å². The summed E-state index contributed by atoms with van der Waals surface area (Å²) >= 11 is 0. The fraction of sp³-hybridized carbons (Fsp3) is 0.750. The Morgan fingerprint density at radius 2 is 2.33 bits per heavy atom. The van der Waals surface area contributed by atoms with Gasteiger partial charge in [-0.1, -0.05) is 7.43 Å². The van der Waals surface area contributed by atoms with E-state index in [0.29, 0.717) is 19.6 Å². The molecule has 4 heteroatoms. The summed E-state index contributed by atoms with van der Waals surface area (Å²) in [5.74, 6) is 0.122. The zero-order valence-electron chi connectivity index (χ0n) is 6.59. The number of piperazine rings is 1. The summed E-state index contributed by atoms with van der Waals surface area (Å²) in [6.45, 7) is 3.73. The Hall–Kier alpha value is -0.900. The summed E-state index contributed by atoms with van der Waals surface area (Å²) in [4.78, 5) is 23.3. The maximum atomic E-state index is 10.8. The largest absolute Gasteiger partial charge is 0.354 e. The number of carbonyl (C=O) groups excluding carboxylic acids is 2. The molecule has 0 saturated carbocycles. The molecule has 0 atom stereocenters. The van der Waals surface area contributed by atoms with Crippen LogP contribution in [0.5, 0.6) is 0 Å². The van der Waals surface area contributed by atoms with Gasteiger partial charge in [0.05, 0.1) is 13.1 Å². The standard InChI is InChI=1S/C7H12N2O2.CH4/c1-6(10)4-9-3-2-8-7(11)5-9;/h2-5H2,1H3,(H,8,11);1H4. The van der Waals surface area contributed by atoms with Gasteiger partial charge in [-0.05, 0) is 6.92 Å². The third-order valence-electron chi connectivity index (χ3n) is 1.56. The number of nitrogens with zero attached hydrogens (tertiary/aromatic N) is 1. The molecule has 1 heterocycles. The van der Waals surface area contributed by atoms with Crippen molar-refractivity contribution in [3.05, 3.63) is 0 Å². The van der Waals surface area contributed by atoms with Gasteiger partial charge in [-0.15, -0.1) is 0 Å². The lowest BCUT2D eigenvalue weighted by atomic mass is 10.3. The van der Waals surface area contributed by atoms with Gasteiger partial charge in [0.2, 0.25) is 5.91 Å². The van der Waals surface area contributed by atoms with Gasteiger partial charge in [-0.2, -0.15) is 0 Å². The van der Waals surface area contributed by atoms with Crippen molar-refractivity contribution in [3.63, 3.8) is 0 Å². The van der Waals surface area contributed by atoms with Crippen molar-refractivity contribution in [2.45, 2.75) is 14.4 Å². The summed E-state index contributed by atoms with van der Waals surface area (Å²) in [6, 6.07) is 0. The SMILES string of the molecule is C.CC(=O)CN1CCNC(=O)C1. The first kappa shape index (κ1) is 11.1. The highest BCUT2D eigenvalue weighted by Crippen LogP contribution is 1.92. The molecule has 70 valence electrons. The average Bonchev–Trinajstić information content (AvgIpc) is 1.85. The summed E-state index contributed by atoms with van der Waals surface area (Å²) in [5, 5.41) is 2.69. The predicted molar refractivity (Wildman–Crippen MR) is 46.9 cm³/mol. The van der Waals surface area contributed by atoms with Crippen LogP contribution in [-0.4, -0.2) is 42.8 Å². The zero-order valence-corrected chi connectivity index (χ0v) is 6.59. The monoisotopic (exact) mass is 172 g/mol. The van der Waals surface area contributed by atoms with E-state index in [-0.39, 0.29) is 19.1 Å². The van der Waals surface area contributed by atoms with Crippen LogP contribution in [-0.2, 0) is 9.59 Å². The number of ketones is 1. The van der Waals surface area contributed by atoms with Crippen molar-refractivity contribution in [1.82, 2.24) is 10.2 Å². The van der Waals surface area contributed by atoms with Gasteiger partial charge in [0.15, 0.2) is 0 Å². The first-order chi connectivity index (χ1) is 5.18. The Morgan fingerprint density at radius 1 is 1.67 bits per heavy atom. The molecule has 0 aromatic rings. The molecule has 4 nitrogen and oxygen atoms in total. The van der Waals surface area contributed by atoms with Crippen LogP contribution in [0.15, 0.2) is 0 Å². The van der Waals surface area contributed by atoms with E-state index in [1.54, 1.807) is 0 Å². The highest BCUT2D eigenvalue weighted by Gasteiger charge is 2.16. The summed E-state index contributed by atoms with van der Waals surface area (Å²) < 4.78 is 0. The molecule has 1 fully saturated rings. The number of hydrogen-bond acceptors (Lipinski definition) is 3. The summed E-state index contributed by atoms with van der Waals surface area (Å²) in [7, 11) is 0. The van der Waals surface area contributed by atoms with Crippen LogP contribution in [0, 0.1) is 0 Å². The predicted octanol–water partition coefficient (Wildman–Crippen LogP) is -0.357. The Balaban J connectivity index is 0.00000121. The van der Waals surface area contributed by atoms with E-state index in [2.05, 4.69) is 5.32 Å². The van der Waals surface area contributed by atoms with Gasteiger partial charge < -0.3 is 5.32 Å². The molecule has 1 amide bonds. The van der Waals surface area contributed by atoms with Crippen LogP contribution >= 0.6 is 0 Å². The molecule has 0 spiro atoms. The minimum atomic E-state index is 0. The smallest absolute Gasteiger partial charge is 0.234 e. The highest BCUT2D eigenvalue weighted by molar-refractivity contribution is 5.81. The second-order valence-electron chi connectivity index (χ2n) is 2.76. The van der Waals surface area contributed by atoms with Crippen molar-refractivity contribution in [3.8, 4) is 0 Å². The second kappa shape index (κ2) is 4.87. The van der Waals surface area contributed by atoms with Crippen LogP contribution in [0.1, 0.15) is 14.4 Å². The molecule has 1 saturated heterocycles. The third-order valence-corrected chi connectivity index (χ3v) is 1.56. The normalized spacial score (nSPS) is 17.9. The number of Topliss-reactive ketones (excluding diaryl/α,β-unsaturated/α-hetero) is 1. The molecule has 0 unspecified atom stereocenters. The van der Waals surface area contributed by atoms with Crippen LogP contribution < -0.4 is 5.32 Å². The van der Waals surface area contributed by atoms with E-state index in [0.717, 1.165) is 6.54 Å². The minimum Gasteiger partial charge on any atom is -0.354 e. The van der Waals surface area contributed by atoms with E-state index in [1.165, 1.54) is 6.92 Å². The van der Waals surface area contributed by atoms with Crippen LogP contribution in [0.25, 0.3) is 0 Å². The quantitative estimate of drug-likeness (QED) is 0.619. The van der Waals surface area contributed by atoms with Crippen molar-refractivity contribution >= 4 is 11.7 Å². The minimum absolute atomic E-state index is 0. The first-order valence-corrected chi connectivity index (χ1v) is 3.67. The van der Waals surface area contributed by atoms with Crippen LogP contribution in [0.3, 0.4) is 0 Å². The molecule has 0 bridgehead atoms. The van der Waals surface area contributed by atoms with E-state index in [4.69, 9.17) is 0 Å². The maximum absolute atomic E-state index is 10.8. The zero-order chi connectivity index (χ0) is 8.27. The van der Waals surface area contributed by atoms with E-state index >= 15 is 0 Å². The summed E-state index contributed by atoms with van der Waals surface area (Å²) in [6.07, 6.45) is 0. The molecule has 0 aliphatic carbocycles. The average molecular weight is 172 g/mol. The topological polar surface area (TPSA) is 49.4 Å². The molecule has 0 aromatic heterocycles. The molecule has 1 aliphatic rings. The molecule has 1 N–H and O–H groups in total. The number of nitrogens with one attached hydrogen (secondary N) is 1. The lowest BCUT2D eigenvalue weighted by Crippen LogP contribution is -2.48. The molecule has 0 radical (unpaired) electrons. The number of hydrogen-bond donors (Lipinski definition) is 1. The van der Waals surface area contributed by atoms with Crippen molar-refractivity contribution in [2.75, 3.05) is 26.2 Å². The number of carbonyl (C=O) groups is 2. The molecule has 12 heavy (non-hydrogen) atoms. The number of rotatable bonds is 2. The van der Waals surface area contributed by atoms with E-state index in [1.807, 2.05) is 4.90 Å². The third kappa shape index (κ3) is 3.48. The van der Waals surface area contributed by atoms with Gasteiger partial charge in [0, 0.05) is 13.1 Å². The fourth-order valence-electron chi connectivity index (χ4n) is 1.14. The Bertz CT molecular complexity index is 178. The molecule has 0 aromatic carbocycles. The van der Waals surface area contributed by atoms with Crippen molar-refractivity contribution in [1.29, 1.82) is 0 Å². The second-order valence-corrected chi connectivity index (χ2v) is 2.76. The molecule has 1 rings (SSSR count). The van der Waals surface area contributed by atoms with Gasteiger partial charge in [-0.25, -0.2) is 0 Å². The number of amides is 1. The van der Waals surface area contributed by atoms with Crippen molar-refractivity contribution < 1.29 is 9.59 Å². The summed E-state index contributed by atoms with van der Waals surface area (Å²) in [5.41, 5.74) is 0. The van der Waals surface area contributed by atoms with E-state index < -0.39 is 0 Å². The molecule has 1 aliphatic heterocycles. The van der Waals surface area contributed by atoms with Gasteiger partial charge in [0.1, 0.15) is 5.78 Å². The lowest BCUT2D eigenvalue weighted by Gasteiger charge is -2.24. The van der Waals surface area contributed by atoms with Crippen LogP contribution in [0.4, 0.5) is 0 Å². The lowest BCUT2D eigenvalue weighted by molar-refractivity contribution is -0.125. The maximum Gasteiger partial charge on any atom is 0.234 e. The fourth-order valence-corrected chi connectivity index (χ4v) is 1.14. The molecular formula is C8H16N2O2. The van der Waals surface area contributed by atoms with Crippen LogP contribution in [0.2, 0.25) is 0 Å². The highest BCUT2D eigenvalue weighted by atomic mass is 16.2. The Labute approximate surface area is 72.9 Å². The Kier molecular flexibility index (Phi) is 4.51. The van der Waals surface area contributed by atoms with Gasteiger partial charge in [-0.3, -0.25) is 14.5 Å².